The maximum Gasteiger partial charge on any atom is 0.236 e. The molecular formula is C22H33N3O2. The van der Waals surface area contributed by atoms with Crippen LogP contribution in [-0.4, -0.2) is 61.4 Å². The Balaban J connectivity index is 1.39. The van der Waals surface area contributed by atoms with Crippen molar-refractivity contribution in [3.63, 3.8) is 0 Å². The van der Waals surface area contributed by atoms with Crippen LogP contribution in [0.4, 0.5) is 0 Å². The van der Waals surface area contributed by atoms with E-state index in [0.29, 0.717) is 12.5 Å². The number of nitrogens with one attached hydrogen (secondary N) is 1. The van der Waals surface area contributed by atoms with Gasteiger partial charge in [-0.25, -0.2) is 0 Å². The van der Waals surface area contributed by atoms with Gasteiger partial charge in [0.05, 0.1) is 6.54 Å². The molecule has 1 aliphatic carbocycles. The zero-order chi connectivity index (χ0) is 19.2. The first-order valence-electron chi connectivity index (χ1n) is 10.3. The van der Waals surface area contributed by atoms with Crippen LogP contribution in [0.2, 0.25) is 0 Å². The van der Waals surface area contributed by atoms with Crippen molar-refractivity contribution in [2.75, 3.05) is 33.7 Å². The molecule has 5 heteroatoms. The number of carbonyl (C=O) groups excluding carboxylic acids is 2. The Morgan fingerprint density at radius 2 is 1.63 bits per heavy atom. The molecule has 148 valence electrons. The molecule has 2 fully saturated rings. The summed E-state index contributed by atoms with van der Waals surface area (Å²) in [6.45, 7) is 2.24. The Labute approximate surface area is 163 Å². The first-order valence-corrected chi connectivity index (χ1v) is 10.3. The fourth-order valence-electron chi connectivity index (χ4n) is 4.30. The first-order chi connectivity index (χ1) is 13.0. The maximum absolute atomic E-state index is 12.7. The maximum atomic E-state index is 12.7. The van der Waals surface area contributed by atoms with E-state index in [1.54, 1.807) is 19.0 Å². The van der Waals surface area contributed by atoms with Crippen LogP contribution in [0.5, 0.6) is 0 Å². The van der Waals surface area contributed by atoms with Gasteiger partial charge in [0.1, 0.15) is 0 Å². The third-order valence-corrected chi connectivity index (χ3v) is 6.16. The molecule has 1 saturated heterocycles. The van der Waals surface area contributed by atoms with Gasteiger partial charge in [0, 0.05) is 39.1 Å². The summed E-state index contributed by atoms with van der Waals surface area (Å²) in [5.41, 5.74) is 1.41. The van der Waals surface area contributed by atoms with E-state index in [0.717, 1.165) is 51.6 Å². The summed E-state index contributed by atoms with van der Waals surface area (Å²) in [7, 11) is 3.59. The van der Waals surface area contributed by atoms with Gasteiger partial charge >= 0.3 is 0 Å². The largest absolute Gasteiger partial charge is 0.353 e. The lowest BCUT2D eigenvalue weighted by molar-refractivity contribution is -0.131. The highest BCUT2D eigenvalue weighted by Gasteiger charge is 2.29. The lowest BCUT2D eigenvalue weighted by atomic mass is 9.78. The lowest BCUT2D eigenvalue weighted by Crippen LogP contribution is -2.48. The molecular weight excluding hydrogens is 338 g/mol. The fraction of sp³-hybridized carbons (Fsp3) is 0.636. The summed E-state index contributed by atoms with van der Waals surface area (Å²) in [6, 6.07) is 10.9. The Bertz CT molecular complexity index is 616. The predicted octanol–water partition coefficient (Wildman–Crippen LogP) is 2.63. The van der Waals surface area contributed by atoms with Crippen LogP contribution >= 0.6 is 0 Å². The molecule has 0 aromatic heterocycles. The van der Waals surface area contributed by atoms with Crippen molar-refractivity contribution < 1.29 is 9.59 Å². The Kier molecular flexibility index (Phi) is 6.89. The number of hydrogen-bond acceptors (Lipinski definition) is 3. The second-order valence-electron chi connectivity index (χ2n) is 8.31. The fourth-order valence-corrected chi connectivity index (χ4v) is 4.30. The van der Waals surface area contributed by atoms with Gasteiger partial charge in [0.25, 0.3) is 0 Å². The molecule has 0 radical (unpaired) electrons. The molecule has 3 rings (SSSR count). The molecule has 5 nitrogen and oxygen atoms in total. The number of amides is 2. The molecule has 1 saturated carbocycles. The van der Waals surface area contributed by atoms with Gasteiger partial charge in [-0.05, 0) is 50.0 Å². The van der Waals surface area contributed by atoms with Crippen LogP contribution in [0.25, 0.3) is 0 Å². The Morgan fingerprint density at radius 1 is 1.00 bits per heavy atom. The van der Waals surface area contributed by atoms with Gasteiger partial charge in [0.2, 0.25) is 11.8 Å². The number of rotatable bonds is 5. The van der Waals surface area contributed by atoms with E-state index < -0.39 is 0 Å². The van der Waals surface area contributed by atoms with Crippen molar-refractivity contribution in [3.8, 4) is 0 Å². The van der Waals surface area contributed by atoms with Crippen molar-refractivity contribution in [1.82, 2.24) is 15.1 Å². The summed E-state index contributed by atoms with van der Waals surface area (Å²) in [5, 5.41) is 3.28. The highest BCUT2D eigenvalue weighted by molar-refractivity contribution is 5.79. The van der Waals surface area contributed by atoms with Crippen LogP contribution in [0.15, 0.2) is 30.3 Å². The average Bonchev–Trinajstić information content (AvgIpc) is 2.70. The number of benzene rings is 1. The number of carbonyl (C=O) groups is 2. The van der Waals surface area contributed by atoms with Crippen molar-refractivity contribution in [2.45, 2.75) is 50.5 Å². The number of likely N-dealkylation sites (N-methyl/N-ethyl adjacent to an activating group) is 1. The minimum Gasteiger partial charge on any atom is -0.353 e. The highest BCUT2D eigenvalue weighted by Crippen LogP contribution is 2.35. The molecule has 1 N–H and O–H groups in total. The molecule has 2 aliphatic rings. The topological polar surface area (TPSA) is 52.7 Å². The van der Waals surface area contributed by atoms with E-state index in [4.69, 9.17) is 0 Å². The first kappa shape index (κ1) is 19.9. The Morgan fingerprint density at radius 3 is 2.22 bits per heavy atom. The van der Waals surface area contributed by atoms with Gasteiger partial charge < -0.3 is 10.2 Å². The second kappa shape index (κ2) is 9.36. The summed E-state index contributed by atoms with van der Waals surface area (Å²) in [4.78, 5) is 28.3. The SMILES string of the molecule is CN(C)C(=O)CN1CCC(NC(=O)C2CCC(c3ccccc3)CC2)CC1. The summed E-state index contributed by atoms with van der Waals surface area (Å²) in [6.07, 6.45) is 6.06. The van der Waals surface area contributed by atoms with Crippen molar-refractivity contribution in [1.29, 1.82) is 0 Å². The number of hydrogen-bond donors (Lipinski definition) is 1. The van der Waals surface area contributed by atoms with Crippen molar-refractivity contribution in [3.05, 3.63) is 35.9 Å². The van der Waals surface area contributed by atoms with E-state index in [1.165, 1.54) is 5.56 Å². The number of piperidine rings is 1. The van der Waals surface area contributed by atoms with Crippen LogP contribution in [0.3, 0.4) is 0 Å². The number of likely N-dealkylation sites (tertiary alicyclic amines) is 1. The lowest BCUT2D eigenvalue weighted by Gasteiger charge is -2.34. The second-order valence-corrected chi connectivity index (χ2v) is 8.31. The minimum absolute atomic E-state index is 0.146. The van der Waals surface area contributed by atoms with Gasteiger partial charge in [-0.1, -0.05) is 30.3 Å². The van der Waals surface area contributed by atoms with E-state index >= 15 is 0 Å². The third-order valence-electron chi connectivity index (χ3n) is 6.16. The van der Waals surface area contributed by atoms with Crippen LogP contribution in [0.1, 0.15) is 50.0 Å². The summed E-state index contributed by atoms with van der Waals surface area (Å²) < 4.78 is 0. The van der Waals surface area contributed by atoms with Gasteiger partial charge in [-0.2, -0.15) is 0 Å². The van der Waals surface area contributed by atoms with Crippen molar-refractivity contribution in [2.24, 2.45) is 5.92 Å². The molecule has 0 spiro atoms. The van der Waals surface area contributed by atoms with Gasteiger partial charge in [-0.3, -0.25) is 14.5 Å². The highest BCUT2D eigenvalue weighted by atomic mass is 16.2. The van der Waals surface area contributed by atoms with E-state index in [2.05, 4.69) is 40.5 Å². The smallest absolute Gasteiger partial charge is 0.236 e. The van der Waals surface area contributed by atoms with E-state index in [1.807, 2.05) is 0 Å². The molecule has 1 heterocycles. The van der Waals surface area contributed by atoms with E-state index in [-0.39, 0.29) is 23.8 Å². The molecule has 2 amide bonds. The standard InChI is InChI=1S/C22H33N3O2/c1-24(2)21(26)16-25-14-12-20(13-15-25)23-22(27)19-10-8-18(9-11-19)17-6-4-3-5-7-17/h3-7,18-20H,8-16H2,1-2H3,(H,23,27). The zero-order valence-corrected chi connectivity index (χ0v) is 16.7. The molecule has 27 heavy (non-hydrogen) atoms. The molecule has 1 aromatic rings. The quantitative estimate of drug-likeness (QED) is 0.866. The molecule has 0 atom stereocenters. The van der Waals surface area contributed by atoms with Crippen molar-refractivity contribution >= 4 is 11.8 Å². The predicted molar refractivity (Wildman–Crippen MR) is 107 cm³/mol. The monoisotopic (exact) mass is 371 g/mol. The average molecular weight is 372 g/mol. The molecule has 1 aromatic carbocycles. The normalized spacial score (nSPS) is 24.4. The van der Waals surface area contributed by atoms with Gasteiger partial charge in [-0.15, -0.1) is 0 Å². The summed E-state index contributed by atoms with van der Waals surface area (Å²) in [5.74, 6) is 1.16. The van der Waals surface area contributed by atoms with Crippen LogP contribution in [0, 0.1) is 5.92 Å². The molecule has 0 unspecified atom stereocenters. The third kappa shape index (κ3) is 5.55. The number of nitrogens with zero attached hydrogens (tertiary/aromatic N) is 2. The van der Waals surface area contributed by atoms with Crippen LogP contribution in [-0.2, 0) is 9.59 Å². The minimum atomic E-state index is 0.146. The Hall–Kier alpha value is -1.88. The van der Waals surface area contributed by atoms with Crippen LogP contribution < -0.4 is 5.32 Å². The zero-order valence-electron chi connectivity index (χ0n) is 16.7. The van der Waals surface area contributed by atoms with E-state index in [9.17, 15) is 9.59 Å². The van der Waals surface area contributed by atoms with Gasteiger partial charge in [0.15, 0.2) is 0 Å². The molecule has 0 bridgehead atoms. The summed E-state index contributed by atoms with van der Waals surface area (Å²) >= 11 is 0. The molecule has 1 aliphatic heterocycles.